The standard InChI is InChI=1S/C23H34BrClF3N5O5/c24-16-8-13(25)7-15(20(16)37)17(9-19(35)36)33-18(34)10-31-21(38)11-4-12(23(26,27)28)6-14(5-11)32-22-29-2-1-3-30-22/h11-17,20,37H,1-10H2,(H,31,38)(H,33,34)(H,35,36)(H2,29,30,32). The van der Waals surface area contributed by atoms with E-state index in [2.05, 4.69) is 42.2 Å². The molecule has 2 saturated carbocycles. The van der Waals surface area contributed by atoms with Crippen LogP contribution in [0.5, 0.6) is 0 Å². The predicted octanol–water partition coefficient (Wildman–Crippen LogP) is 1.49. The second-order valence-electron chi connectivity index (χ2n) is 10.2. The summed E-state index contributed by atoms with van der Waals surface area (Å²) in [6, 6.07) is -1.58. The fourth-order valence-corrected chi connectivity index (χ4v) is 6.85. The lowest BCUT2D eigenvalue weighted by molar-refractivity contribution is -0.188. The number of aliphatic hydroxyl groups excluding tert-OH is 1. The van der Waals surface area contributed by atoms with Crippen LogP contribution in [0.3, 0.4) is 0 Å². The summed E-state index contributed by atoms with van der Waals surface area (Å²) in [6.45, 7) is 0.675. The van der Waals surface area contributed by atoms with Gasteiger partial charge in [0.25, 0.3) is 0 Å². The number of aliphatic carboxylic acids is 1. The number of amides is 2. The van der Waals surface area contributed by atoms with Gasteiger partial charge in [-0.05, 0) is 38.5 Å². The third-order valence-electron chi connectivity index (χ3n) is 7.28. The normalized spacial score (nSPS) is 32.8. The highest BCUT2D eigenvalue weighted by Gasteiger charge is 2.47. The van der Waals surface area contributed by atoms with Gasteiger partial charge in [-0.25, -0.2) is 0 Å². The van der Waals surface area contributed by atoms with Crippen LogP contribution in [0, 0.1) is 17.8 Å². The van der Waals surface area contributed by atoms with E-state index in [1.54, 1.807) is 0 Å². The van der Waals surface area contributed by atoms with Gasteiger partial charge in [-0.1, -0.05) is 15.9 Å². The lowest BCUT2D eigenvalue weighted by atomic mass is 9.77. The molecule has 8 unspecified atom stereocenters. The molecule has 0 radical (unpaired) electrons. The highest BCUT2D eigenvalue weighted by molar-refractivity contribution is 9.09. The van der Waals surface area contributed by atoms with Crippen LogP contribution in [0.25, 0.3) is 0 Å². The van der Waals surface area contributed by atoms with Crippen LogP contribution in [0.1, 0.15) is 44.9 Å². The Morgan fingerprint density at radius 1 is 1.18 bits per heavy atom. The van der Waals surface area contributed by atoms with Crippen molar-refractivity contribution in [1.82, 2.24) is 21.3 Å². The molecule has 0 aromatic carbocycles. The number of aliphatic imine (C=N–C) groups is 1. The molecule has 3 aliphatic rings. The highest BCUT2D eigenvalue weighted by Crippen LogP contribution is 2.40. The van der Waals surface area contributed by atoms with E-state index < -0.39 is 79.3 Å². The van der Waals surface area contributed by atoms with E-state index in [-0.39, 0.29) is 29.5 Å². The number of nitrogens with zero attached hydrogens (tertiary/aromatic N) is 1. The largest absolute Gasteiger partial charge is 0.481 e. The molecule has 2 amide bonds. The minimum atomic E-state index is -4.48. The minimum Gasteiger partial charge on any atom is -0.481 e. The number of carbonyl (C=O) groups is 3. The molecule has 0 bridgehead atoms. The first kappa shape index (κ1) is 30.7. The Bertz CT molecular complexity index is 898. The summed E-state index contributed by atoms with van der Waals surface area (Å²) >= 11 is 9.58. The zero-order valence-corrected chi connectivity index (χ0v) is 23.0. The van der Waals surface area contributed by atoms with Gasteiger partial charge in [0.15, 0.2) is 5.96 Å². The second-order valence-corrected chi connectivity index (χ2v) is 12.0. The van der Waals surface area contributed by atoms with Crippen LogP contribution in [0.4, 0.5) is 13.2 Å². The topological polar surface area (TPSA) is 152 Å². The summed E-state index contributed by atoms with van der Waals surface area (Å²) in [5.74, 6) is -5.47. The number of carboxylic acids is 1. The zero-order valence-electron chi connectivity index (χ0n) is 20.6. The Hall–Kier alpha value is -1.80. The van der Waals surface area contributed by atoms with Gasteiger partial charge in [-0.15, -0.1) is 11.6 Å². The van der Waals surface area contributed by atoms with Crippen molar-refractivity contribution in [2.24, 2.45) is 22.7 Å². The van der Waals surface area contributed by atoms with Gasteiger partial charge >= 0.3 is 12.1 Å². The maximum Gasteiger partial charge on any atom is 0.391 e. The first-order valence-electron chi connectivity index (χ1n) is 12.7. The molecule has 8 atom stereocenters. The molecule has 0 aromatic rings. The fraction of sp³-hybridized carbons (Fsp3) is 0.826. The molecule has 216 valence electrons. The van der Waals surface area contributed by atoms with Gasteiger partial charge in [-0.3, -0.25) is 19.4 Å². The Balaban J connectivity index is 1.59. The van der Waals surface area contributed by atoms with Crippen molar-refractivity contribution < 1.29 is 37.8 Å². The number of rotatable bonds is 8. The number of carbonyl (C=O) groups excluding carboxylic acids is 2. The average molecular weight is 633 g/mol. The highest BCUT2D eigenvalue weighted by atomic mass is 79.9. The van der Waals surface area contributed by atoms with Crippen LogP contribution < -0.4 is 21.3 Å². The lowest BCUT2D eigenvalue weighted by Gasteiger charge is -2.39. The van der Waals surface area contributed by atoms with Crippen LogP contribution in [-0.2, 0) is 14.4 Å². The molecule has 1 aliphatic heterocycles. The number of hydrogen-bond acceptors (Lipinski definition) is 7. The Labute approximate surface area is 232 Å². The average Bonchev–Trinajstić information content (AvgIpc) is 2.84. The van der Waals surface area contributed by atoms with Crippen LogP contribution in [0.15, 0.2) is 4.99 Å². The number of alkyl halides is 5. The third kappa shape index (κ3) is 8.87. The monoisotopic (exact) mass is 631 g/mol. The molecule has 0 spiro atoms. The summed E-state index contributed by atoms with van der Waals surface area (Å²) in [6.07, 6.45) is -4.75. The molecule has 6 N–H and O–H groups in total. The summed E-state index contributed by atoms with van der Waals surface area (Å²) in [4.78, 5) is 40.7. The maximum absolute atomic E-state index is 13.6. The van der Waals surface area contributed by atoms with Gasteiger partial charge in [-0.2, -0.15) is 13.2 Å². The number of aliphatic hydroxyl groups is 1. The summed E-state index contributed by atoms with van der Waals surface area (Å²) in [5, 5.41) is 30.5. The van der Waals surface area contributed by atoms with Crippen molar-refractivity contribution in [3.05, 3.63) is 0 Å². The van der Waals surface area contributed by atoms with E-state index in [9.17, 15) is 37.8 Å². The number of halogens is 5. The van der Waals surface area contributed by atoms with Gasteiger partial charge in [0.1, 0.15) is 0 Å². The Morgan fingerprint density at radius 3 is 2.55 bits per heavy atom. The number of guanidine groups is 1. The number of hydrogen-bond donors (Lipinski definition) is 6. The van der Waals surface area contributed by atoms with Crippen molar-refractivity contribution in [3.8, 4) is 0 Å². The Morgan fingerprint density at radius 2 is 1.92 bits per heavy atom. The number of nitrogens with one attached hydrogen (secondary N) is 4. The van der Waals surface area contributed by atoms with E-state index in [1.807, 2.05) is 0 Å². The van der Waals surface area contributed by atoms with Crippen molar-refractivity contribution in [3.63, 3.8) is 0 Å². The molecular formula is C23H34BrClF3N5O5. The van der Waals surface area contributed by atoms with Gasteiger partial charge < -0.3 is 31.5 Å². The molecule has 10 nitrogen and oxygen atoms in total. The summed E-state index contributed by atoms with van der Waals surface area (Å²) < 4.78 is 40.8. The predicted molar refractivity (Wildman–Crippen MR) is 137 cm³/mol. The molecule has 2 fully saturated rings. The molecule has 1 heterocycles. The summed E-state index contributed by atoms with van der Waals surface area (Å²) in [5.41, 5.74) is 0. The molecular weight excluding hydrogens is 599 g/mol. The lowest BCUT2D eigenvalue weighted by Crippen LogP contribution is -2.54. The molecule has 15 heteroatoms. The zero-order chi connectivity index (χ0) is 28.0. The van der Waals surface area contributed by atoms with Crippen molar-refractivity contribution in [2.75, 3.05) is 19.6 Å². The fourth-order valence-electron chi connectivity index (χ4n) is 5.39. The van der Waals surface area contributed by atoms with Crippen molar-refractivity contribution in [2.45, 2.75) is 79.5 Å². The first-order chi connectivity index (χ1) is 17.8. The molecule has 0 saturated heterocycles. The van der Waals surface area contributed by atoms with E-state index in [4.69, 9.17) is 11.6 Å². The van der Waals surface area contributed by atoms with Gasteiger partial charge in [0, 0.05) is 47.2 Å². The van der Waals surface area contributed by atoms with Crippen molar-refractivity contribution >= 4 is 51.3 Å². The molecule has 38 heavy (non-hydrogen) atoms. The van der Waals surface area contributed by atoms with Crippen molar-refractivity contribution in [1.29, 1.82) is 0 Å². The van der Waals surface area contributed by atoms with Crippen LogP contribution >= 0.6 is 27.5 Å². The maximum atomic E-state index is 13.6. The van der Waals surface area contributed by atoms with E-state index >= 15 is 0 Å². The van der Waals surface area contributed by atoms with E-state index in [0.29, 0.717) is 25.5 Å². The second kappa shape index (κ2) is 13.5. The third-order valence-corrected chi connectivity index (χ3v) is 8.55. The van der Waals surface area contributed by atoms with Gasteiger partial charge in [0.2, 0.25) is 11.8 Å². The van der Waals surface area contributed by atoms with E-state index in [0.717, 1.165) is 6.42 Å². The molecule has 0 aromatic heterocycles. The smallest absolute Gasteiger partial charge is 0.391 e. The molecule has 3 rings (SSSR count). The quantitative estimate of drug-likeness (QED) is 0.222. The molecule has 2 aliphatic carbocycles. The minimum absolute atomic E-state index is 0.139. The van der Waals surface area contributed by atoms with Gasteiger partial charge in [0.05, 0.1) is 25.0 Å². The number of carboxylic acid groups (broad SMARTS) is 1. The summed E-state index contributed by atoms with van der Waals surface area (Å²) in [7, 11) is 0. The SMILES string of the molecule is O=C(O)CC(NC(=O)CNC(=O)C1CC(NC2=NCCCN2)CC(C(F)(F)F)C1)C1CC(Cl)CC(Br)C1O. The van der Waals surface area contributed by atoms with E-state index in [1.165, 1.54) is 0 Å². The first-order valence-corrected chi connectivity index (χ1v) is 14.0. The van der Waals surface area contributed by atoms with Crippen LogP contribution in [-0.4, -0.2) is 88.2 Å². The Kier molecular flexibility index (Phi) is 10.9. The van der Waals surface area contributed by atoms with Crippen LogP contribution in [0.2, 0.25) is 0 Å².